The van der Waals surface area contributed by atoms with Crippen LogP contribution in [0, 0.1) is 5.92 Å². The van der Waals surface area contributed by atoms with E-state index in [9.17, 15) is 33.6 Å². The molecule has 3 heterocycles. The molecule has 91 heavy (non-hydrogen) atoms. The van der Waals surface area contributed by atoms with Gasteiger partial charge in [0.25, 0.3) is 0 Å². The third kappa shape index (κ3) is 14.0. The average molecular weight is 1270 g/mol. The largest absolute Gasteiger partial charge is 0.488 e. The zero-order valence-electron chi connectivity index (χ0n) is 51.2. The molecule has 6 N–H and O–H groups in total. The molecule has 0 aromatic heterocycles. The Hall–Kier alpha value is -8.91. The van der Waals surface area contributed by atoms with Crippen LogP contribution in [-0.4, -0.2) is 135 Å². The number of ether oxygens (including phenoxy) is 3. The highest BCUT2D eigenvalue weighted by Crippen LogP contribution is 2.49. The molecule has 7 aromatic carbocycles. The van der Waals surface area contributed by atoms with Crippen LogP contribution in [-0.2, 0) is 30.5 Å². The Kier molecular flexibility index (Phi) is 19.9. The van der Waals surface area contributed by atoms with E-state index in [0.29, 0.717) is 61.2 Å². The molecule has 11 rings (SSSR count). The number of piperazine rings is 1. The van der Waals surface area contributed by atoms with Gasteiger partial charge in [-0.1, -0.05) is 123 Å². The molecule has 1 fully saturated rings. The van der Waals surface area contributed by atoms with Gasteiger partial charge in [0.15, 0.2) is 0 Å². The van der Waals surface area contributed by atoms with Gasteiger partial charge in [-0.25, -0.2) is 14.4 Å². The predicted octanol–water partition coefficient (Wildman–Crippen LogP) is 11.0. The number of nitrogens with one attached hydrogen (secondary N) is 4. The van der Waals surface area contributed by atoms with E-state index < -0.39 is 42.1 Å². The maximum Gasteiger partial charge on any atom is 0.415 e. The molecular weight excluding hydrogens is 1200 g/mol. The molecule has 474 valence electrons. The number of carbonyl (C=O) groups is 7. The molecule has 19 nitrogen and oxygen atoms in total. The first-order valence-electron chi connectivity index (χ1n) is 31.1. The standard InChI is InChI=1S/C70H75Cl2N9O10/c1-42(2)65(77-69(87)90-41-55-49-16-6-4-14-47(49)48-15-5-7-17-50(48)55)67(85)76-56(22-13-29-74-68(73)86)66(84)75-46-27-25-43(26-28-46)40-89-59-34-57-63(53-20-10-8-18-51(53)59)44(36-71)38-80(57)61(82)23-12-24-62(83)81-39-45(37-72)64-54-21-11-9-19-52(54)60(35-58(64)81)91-70(88)79-32-30-78(3)31-33-79/h4-11,14-21,25-28,34-35,42,44-45,55-56,65H,12-13,22-24,29-33,36-41H2,1-3H3,(H,75,84)(H,76,85)(H,77,87)(H3,73,74,86)/t44-,45-,56+,65+/m1/s1. The number of benzene rings is 7. The van der Waals surface area contributed by atoms with Crippen LogP contribution in [0.25, 0.3) is 32.7 Å². The normalized spacial score (nSPS) is 16.6. The highest BCUT2D eigenvalue weighted by molar-refractivity contribution is 6.19. The van der Waals surface area contributed by atoms with Crippen LogP contribution in [0.4, 0.5) is 31.4 Å². The number of fused-ring (bicyclic) bond motifs is 9. The second kappa shape index (κ2) is 28.5. The van der Waals surface area contributed by atoms with Crippen molar-refractivity contribution in [1.82, 2.24) is 25.8 Å². The first-order chi connectivity index (χ1) is 44.1. The van der Waals surface area contributed by atoms with E-state index in [4.69, 9.17) is 43.1 Å². The molecule has 3 aliphatic heterocycles. The molecule has 4 aliphatic rings. The van der Waals surface area contributed by atoms with E-state index in [1.807, 2.05) is 122 Å². The van der Waals surface area contributed by atoms with Crippen molar-refractivity contribution < 1.29 is 47.8 Å². The number of nitrogens with zero attached hydrogens (tertiary/aromatic N) is 4. The quantitative estimate of drug-likeness (QED) is 0.0316. The van der Waals surface area contributed by atoms with Crippen molar-refractivity contribution in [2.75, 3.05) is 86.3 Å². The number of amides is 8. The Morgan fingerprint density at radius 1 is 0.637 bits per heavy atom. The first-order valence-corrected chi connectivity index (χ1v) is 32.1. The summed E-state index contributed by atoms with van der Waals surface area (Å²) < 4.78 is 18.4. The van der Waals surface area contributed by atoms with Gasteiger partial charge >= 0.3 is 18.2 Å². The summed E-state index contributed by atoms with van der Waals surface area (Å²) in [5.41, 5.74) is 14.0. The van der Waals surface area contributed by atoms with Gasteiger partial charge in [-0.3, -0.25) is 19.2 Å². The maximum absolute atomic E-state index is 14.4. The lowest BCUT2D eigenvalue weighted by Crippen LogP contribution is -2.54. The minimum atomic E-state index is -1.07. The number of halogens is 2. The molecule has 4 atom stereocenters. The van der Waals surface area contributed by atoms with Crippen LogP contribution >= 0.6 is 23.2 Å². The van der Waals surface area contributed by atoms with Crippen LogP contribution in [0.1, 0.15) is 91.5 Å². The summed E-state index contributed by atoms with van der Waals surface area (Å²) in [7, 11) is 2.02. The number of alkyl carbamates (subject to hydrolysis) is 1. The molecule has 8 amide bonds. The molecular formula is C70H75Cl2N9O10. The first kappa shape index (κ1) is 63.7. The zero-order chi connectivity index (χ0) is 63.9. The molecule has 1 aliphatic carbocycles. The van der Waals surface area contributed by atoms with E-state index in [-0.39, 0.29) is 92.7 Å². The van der Waals surface area contributed by atoms with Crippen LogP contribution in [0.15, 0.2) is 133 Å². The fourth-order valence-corrected chi connectivity index (χ4v) is 13.5. The van der Waals surface area contributed by atoms with Crippen molar-refractivity contribution in [1.29, 1.82) is 0 Å². The summed E-state index contributed by atoms with van der Waals surface area (Å²) in [5.74, 6) is -0.819. The Morgan fingerprint density at radius 3 is 1.74 bits per heavy atom. The zero-order valence-corrected chi connectivity index (χ0v) is 52.7. The van der Waals surface area contributed by atoms with Gasteiger partial charge in [-0.2, -0.15) is 0 Å². The number of nitrogens with two attached hydrogens (primary N) is 1. The second-order valence-corrected chi connectivity index (χ2v) is 24.7. The van der Waals surface area contributed by atoms with Crippen molar-refractivity contribution in [3.63, 3.8) is 0 Å². The second-order valence-electron chi connectivity index (χ2n) is 24.1. The third-order valence-electron chi connectivity index (χ3n) is 17.8. The lowest BCUT2D eigenvalue weighted by Gasteiger charge is -2.31. The van der Waals surface area contributed by atoms with Crippen molar-refractivity contribution >= 4 is 104 Å². The number of carbonyl (C=O) groups excluding carboxylic acids is 7. The number of hydrogen-bond acceptors (Lipinski definition) is 11. The smallest absolute Gasteiger partial charge is 0.415 e. The molecule has 21 heteroatoms. The van der Waals surface area contributed by atoms with Crippen molar-refractivity contribution in [3.8, 4) is 22.6 Å². The molecule has 0 bridgehead atoms. The number of alkyl halides is 2. The van der Waals surface area contributed by atoms with Crippen LogP contribution in [0.5, 0.6) is 11.5 Å². The minimum Gasteiger partial charge on any atom is -0.488 e. The number of primary amides is 1. The maximum atomic E-state index is 14.4. The summed E-state index contributed by atoms with van der Waals surface area (Å²) >= 11 is 13.3. The summed E-state index contributed by atoms with van der Waals surface area (Å²) in [4.78, 5) is 102. The Morgan fingerprint density at radius 2 is 1.18 bits per heavy atom. The van der Waals surface area contributed by atoms with Gasteiger partial charge in [-0.15, -0.1) is 23.2 Å². The summed E-state index contributed by atoms with van der Waals surface area (Å²) in [5, 5.41) is 14.4. The van der Waals surface area contributed by atoms with Gasteiger partial charge in [0.1, 0.15) is 36.8 Å². The van der Waals surface area contributed by atoms with E-state index >= 15 is 0 Å². The Bertz CT molecular complexity index is 3850. The van der Waals surface area contributed by atoms with Crippen LogP contribution in [0.3, 0.4) is 0 Å². The minimum absolute atomic E-state index is 0.0551. The Balaban J connectivity index is 0.722. The number of rotatable bonds is 22. The number of anilines is 3. The average Bonchev–Trinajstić information content (AvgIpc) is 1.69. The highest BCUT2D eigenvalue weighted by atomic mass is 35.5. The van der Waals surface area contributed by atoms with Crippen LogP contribution < -0.4 is 46.3 Å². The summed E-state index contributed by atoms with van der Waals surface area (Å²) in [6, 6.07) is 39.4. The molecule has 7 aromatic rings. The monoisotopic (exact) mass is 1270 g/mol. The topological polar surface area (TPSA) is 234 Å². The van der Waals surface area contributed by atoms with E-state index in [0.717, 1.165) is 73.6 Å². The molecule has 0 radical (unpaired) electrons. The van der Waals surface area contributed by atoms with Crippen molar-refractivity contribution in [3.05, 3.63) is 161 Å². The van der Waals surface area contributed by atoms with E-state index in [1.54, 1.807) is 46.7 Å². The Labute approximate surface area is 538 Å². The molecule has 0 saturated carbocycles. The highest BCUT2D eigenvalue weighted by Gasteiger charge is 2.38. The number of hydrogen-bond donors (Lipinski definition) is 5. The summed E-state index contributed by atoms with van der Waals surface area (Å²) in [6.45, 7) is 7.20. The predicted molar refractivity (Wildman–Crippen MR) is 353 cm³/mol. The van der Waals surface area contributed by atoms with Gasteiger partial charge < -0.3 is 60.8 Å². The van der Waals surface area contributed by atoms with Gasteiger partial charge in [0.05, 0.1) is 11.4 Å². The molecule has 0 spiro atoms. The fourth-order valence-electron chi connectivity index (χ4n) is 13.0. The van der Waals surface area contributed by atoms with E-state index in [2.05, 4.69) is 26.2 Å². The van der Waals surface area contributed by atoms with Crippen LogP contribution in [0.2, 0.25) is 0 Å². The van der Waals surface area contributed by atoms with E-state index in [1.165, 1.54) is 0 Å². The number of likely N-dealkylation sites (N-methyl/N-ethyl adjacent to an activating group) is 1. The lowest BCUT2D eigenvalue weighted by molar-refractivity contribution is -0.128. The van der Waals surface area contributed by atoms with Crippen molar-refractivity contribution in [2.24, 2.45) is 11.7 Å². The lowest BCUT2D eigenvalue weighted by atomic mass is 9.95. The van der Waals surface area contributed by atoms with Gasteiger partial charge in [0.2, 0.25) is 23.6 Å². The molecule has 1 saturated heterocycles. The van der Waals surface area contributed by atoms with Gasteiger partial charge in [0, 0.05) is 117 Å². The molecule has 0 unspecified atom stereocenters. The van der Waals surface area contributed by atoms with Crippen molar-refractivity contribution in [2.45, 2.75) is 82.4 Å². The SMILES string of the molecule is CC(C)[C@H](NC(=O)OCC1c2ccccc2-c2ccccc21)C(=O)N[C@@H](CCCNC(N)=O)C(=O)Nc1ccc(COc2cc3c(c4ccccc24)[C@H](CCl)CN3C(=O)CCCC(=O)N2C[C@@H](CCl)c3c2cc(OC(=O)N2CCN(C)CC2)c2ccccc32)cc1. The summed E-state index contributed by atoms with van der Waals surface area (Å²) in [6.07, 6.45) is -0.314. The van der Waals surface area contributed by atoms with Gasteiger partial charge in [-0.05, 0) is 94.1 Å². The number of urea groups is 1. The fraction of sp³-hybridized carbons (Fsp3) is 0.357. The third-order valence-corrected chi connectivity index (χ3v) is 18.5.